The molecule has 0 aliphatic rings. The number of thiazole rings is 1. The van der Waals surface area contributed by atoms with Gasteiger partial charge in [0.05, 0.1) is 10.6 Å². The van der Waals surface area contributed by atoms with E-state index in [1.165, 1.54) is 22.9 Å². The Hall–Kier alpha value is -0.940. The first-order valence-corrected chi connectivity index (χ1v) is 4.63. The Morgan fingerprint density at radius 2 is 2.36 bits per heavy atom. The van der Waals surface area contributed by atoms with Crippen LogP contribution in [0, 0.1) is 0 Å². The van der Waals surface area contributed by atoms with E-state index >= 15 is 0 Å². The molecule has 0 aliphatic heterocycles. The molecule has 2 aromatic heterocycles. The maximum atomic E-state index is 5.48. The van der Waals surface area contributed by atoms with Crippen LogP contribution in [-0.4, -0.2) is 9.36 Å². The molecule has 0 aromatic carbocycles. The molecule has 2 N–H and O–H groups in total. The average Bonchev–Trinajstić information content (AvgIpc) is 2.55. The van der Waals surface area contributed by atoms with Gasteiger partial charge >= 0.3 is 0 Å². The number of anilines is 1. The maximum absolute atomic E-state index is 5.48. The van der Waals surface area contributed by atoms with E-state index in [0.29, 0.717) is 5.13 Å². The second-order valence-corrected chi connectivity index (χ2v) is 3.67. The van der Waals surface area contributed by atoms with Crippen molar-refractivity contribution in [2.45, 2.75) is 0 Å². The van der Waals surface area contributed by atoms with Gasteiger partial charge in [-0.05, 0) is 17.6 Å². The van der Waals surface area contributed by atoms with Gasteiger partial charge in [-0.25, -0.2) is 9.36 Å². The molecule has 2 aromatic rings. The molecular weight excluding hydrogens is 178 g/mol. The summed E-state index contributed by atoms with van der Waals surface area (Å²) in [6, 6.07) is 1.93. The normalized spacial score (nSPS) is 10.2. The third kappa shape index (κ3) is 1.24. The molecule has 0 aliphatic carbocycles. The summed E-state index contributed by atoms with van der Waals surface area (Å²) in [4.78, 5) is 5.19. The molecule has 56 valence electrons. The Bertz CT molecular complexity index is 338. The Balaban J connectivity index is 2.45. The van der Waals surface area contributed by atoms with Crippen LogP contribution in [0.5, 0.6) is 0 Å². The quantitative estimate of drug-likeness (QED) is 0.734. The van der Waals surface area contributed by atoms with Crippen molar-refractivity contribution in [1.82, 2.24) is 9.36 Å². The lowest BCUT2D eigenvalue weighted by Gasteiger charge is -1.83. The van der Waals surface area contributed by atoms with Crippen LogP contribution in [0.1, 0.15) is 0 Å². The largest absolute Gasteiger partial charge is 0.375 e. The average molecular weight is 183 g/mol. The van der Waals surface area contributed by atoms with Gasteiger partial charge in [-0.3, -0.25) is 0 Å². The van der Waals surface area contributed by atoms with Gasteiger partial charge in [-0.15, -0.1) is 11.3 Å². The number of rotatable bonds is 1. The highest BCUT2D eigenvalue weighted by Gasteiger charge is 2.02. The highest BCUT2D eigenvalue weighted by Crippen LogP contribution is 2.25. The van der Waals surface area contributed by atoms with Crippen molar-refractivity contribution in [3.8, 4) is 10.6 Å². The summed E-state index contributed by atoms with van der Waals surface area (Å²) in [5.41, 5.74) is 6.40. The van der Waals surface area contributed by atoms with Crippen molar-refractivity contribution in [2.75, 3.05) is 5.73 Å². The Kier molecular flexibility index (Phi) is 1.59. The summed E-state index contributed by atoms with van der Waals surface area (Å²) in [6.07, 6.45) is 1.76. The van der Waals surface area contributed by atoms with E-state index in [1.807, 2.05) is 11.4 Å². The molecule has 0 radical (unpaired) electrons. The van der Waals surface area contributed by atoms with Gasteiger partial charge in [0.1, 0.15) is 0 Å². The van der Waals surface area contributed by atoms with Crippen LogP contribution in [0.4, 0.5) is 5.13 Å². The molecule has 0 saturated heterocycles. The van der Waals surface area contributed by atoms with E-state index in [9.17, 15) is 0 Å². The Morgan fingerprint density at radius 1 is 1.45 bits per heavy atom. The molecule has 2 rings (SSSR count). The molecular formula is C6H5N3S2. The first-order chi connectivity index (χ1) is 5.36. The van der Waals surface area contributed by atoms with Crippen LogP contribution in [0.2, 0.25) is 0 Å². The third-order valence-electron chi connectivity index (χ3n) is 1.21. The summed E-state index contributed by atoms with van der Waals surface area (Å²) in [5, 5.41) is 2.54. The first-order valence-electron chi connectivity index (χ1n) is 2.98. The smallest absolute Gasteiger partial charge is 0.180 e. The van der Waals surface area contributed by atoms with Crippen LogP contribution in [0.25, 0.3) is 10.6 Å². The fourth-order valence-corrected chi connectivity index (χ4v) is 1.94. The van der Waals surface area contributed by atoms with E-state index in [1.54, 1.807) is 6.20 Å². The van der Waals surface area contributed by atoms with Crippen molar-refractivity contribution in [3.63, 3.8) is 0 Å². The SMILES string of the molecule is Nc1nc(-c2ccns2)cs1. The summed E-state index contributed by atoms with van der Waals surface area (Å²) >= 11 is 2.88. The fraction of sp³-hybridized carbons (Fsp3) is 0. The molecule has 0 bridgehead atoms. The lowest BCUT2D eigenvalue weighted by molar-refractivity contribution is 1.43. The highest BCUT2D eigenvalue weighted by molar-refractivity contribution is 7.14. The standard InChI is InChI=1S/C6H5N3S2/c7-6-9-4(3-10-6)5-1-2-8-11-5/h1-3H,(H2,7,9). The lowest BCUT2D eigenvalue weighted by Crippen LogP contribution is -1.80. The summed E-state index contributed by atoms with van der Waals surface area (Å²) in [5.74, 6) is 0. The van der Waals surface area contributed by atoms with Crippen molar-refractivity contribution in [2.24, 2.45) is 0 Å². The maximum Gasteiger partial charge on any atom is 0.180 e. The number of hydrogen-bond donors (Lipinski definition) is 1. The van der Waals surface area contributed by atoms with Crippen molar-refractivity contribution in [1.29, 1.82) is 0 Å². The van der Waals surface area contributed by atoms with Gasteiger partial charge in [0.15, 0.2) is 5.13 Å². The second kappa shape index (κ2) is 2.60. The minimum absolute atomic E-state index is 0.605. The summed E-state index contributed by atoms with van der Waals surface area (Å²) < 4.78 is 3.97. The number of nitrogen functional groups attached to an aromatic ring is 1. The summed E-state index contributed by atoms with van der Waals surface area (Å²) in [7, 11) is 0. The fourth-order valence-electron chi connectivity index (χ4n) is 0.749. The van der Waals surface area contributed by atoms with Crippen LogP contribution in [0.15, 0.2) is 17.6 Å². The Labute approximate surface area is 71.7 Å². The van der Waals surface area contributed by atoms with Gasteiger partial charge < -0.3 is 5.73 Å². The lowest BCUT2D eigenvalue weighted by atomic mass is 10.4. The predicted octanol–water partition coefficient (Wildman–Crippen LogP) is 1.85. The van der Waals surface area contributed by atoms with E-state index in [4.69, 9.17) is 5.73 Å². The molecule has 0 amide bonds. The monoisotopic (exact) mass is 183 g/mol. The van der Waals surface area contributed by atoms with Crippen LogP contribution >= 0.6 is 22.9 Å². The molecule has 5 heteroatoms. The van der Waals surface area contributed by atoms with E-state index in [2.05, 4.69) is 9.36 Å². The summed E-state index contributed by atoms with van der Waals surface area (Å²) in [6.45, 7) is 0. The first kappa shape index (κ1) is 6.75. The van der Waals surface area contributed by atoms with Gasteiger partial charge in [-0.1, -0.05) is 0 Å². The van der Waals surface area contributed by atoms with E-state index in [-0.39, 0.29) is 0 Å². The predicted molar refractivity (Wildman–Crippen MR) is 47.6 cm³/mol. The van der Waals surface area contributed by atoms with Gasteiger partial charge in [-0.2, -0.15) is 0 Å². The highest BCUT2D eigenvalue weighted by atomic mass is 32.1. The molecule has 0 fully saturated rings. The van der Waals surface area contributed by atoms with E-state index < -0.39 is 0 Å². The van der Waals surface area contributed by atoms with Crippen molar-refractivity contribution >= 4 is 28.0 Å². The van der Waals surface area contributed by atoms with Crippen LogP contribution in [-0.2, 0) is 0 Å². The molecule has 3 nitrogen and oxygen atoms in total. The molecule has 0 saturated carbocycles. The van der Waals surface area contributed by atoms with Gasteiger partial charge in [0.2, 0.25) is 0 Å². The molecule has 0 atom stereocenters. The van der Waals surface area contributed by atoms with E-state index in [0.717, 1.165) is 10.6 Å². The zero-order chi connectivity index (χ0) is 7.68. The number of hydrogen-bond acceptors (Lipinski definition) is 5. The second-order valence-electron chi connectivity index (χ2n) is 1.95. The third-order valence-corrected chi connectivity index (χ3v) is 2.66. The molecule has 0 unspecified atom stereocenters. The minimum atomic E-state index is 0.605. The van der Waals surface area contributed by atoms with Crippen molar-refractivity contribution < 1.29 is 0 Å². The molecule has 2 heterocycles. The Morgan fingerprint density at radius 3 is 2.91 bits per heavy atom. The topological polar surface area (TPSA) is 51.8 Å². The molecule has 11 heavy (non-hydrogen) atoms. The number of nitrogens with two attached hydrogens (primary N) is 1. The minimum Gasteiger partial charge on any atom is -0.375 e. The zero-order valence-electron chi connectivity index (χ0n) is 5.52. The van der Waals surface area contributed by atoms with Crippen LogP contribution < -0.4 is 5.73 Å². The van der Waals surface area contributed by atoms with Crippen LogP contribution in [0.3, 0.4) is 0 Å². The van der Waals surface area contributed by atoms with Gasteiger partial charge in [0.25, 0.3) is 0 Å². The zero-order valence-corrected chi connectivity index (χ0v) is 7.15. The van der Waals surface area contributed by atoms with Crippen molar-refractivity contribution in [3.05, 3.63) is 17.6 Å². The number of aromatic nitrogens is 2. The number of nitrogens with zero attached hydrogens (tertiary/aromatic N) is 2. The van der Waals surface area contributed by atoms with Gasteiger partial charge in [0, 0.05) is 11.6 Å². The molecule has 0 spiro atoms.